The molecule has 0 aromatic heterocycles. The molecule has 2 saturated carbocycles. The largest absolute Gasteiger partial charge is 0.290 e. The smallest absolute Gasteiger partial charge is 0.0688 e. The van der Waals surface area contributed by atoms with Gasteiger partial charge in [-0.2, -0.15) is 0 Å². The molecular formula is C31H43N3. The zero-order valence-corrected chi connectivity index (χ0v) is 22.5. The Bertz CT molecular complexity index is 974. The summed E-state index contributed by atoms with van der Waals surface area (Å²) in [4.78, 5) is 13.3. The van der Waals surface area contributed by atoms with Crippen molar-refractivity contribution in [3.05, 3.63) is 57.6 Å². The van der Waals surface area contributed by atoms with Crippen LogP contribution in [-0.4, -0.2) is 35.5 Å². The van der Waals surface area contributed by atoms with Crippen LogP contribution >= 0.6 is 0 Å². The molecule has 2 aliphatic carbocycles. The van der Waals surface area contributed by atoms with Gasteiger partial charge >= 0.3 is 0 Å². The van der Waals surface area contributed by atoms with E-state index in [9.17, 15) is 0 Å². The summed E-state index contributed by atoms with van der Waals surface area (Å²) in [5.41, 5.74) is 12.9. The molecule has 2 aromatic rings. The summed E-state index contributed by atoms with van der Waals surface area (Å²) < 4.78 is 0. The van der Waals surface area contributed by atoms with E-state index < -0.39 is 0 Å². The Labute approximate surface area is 207 Å². The van der Waals surface area contributed by atoms with Crippen molar-refractivity contribution in [2.45, 2.75) is 105 Å². The highest BCUT2D eigenvalue weighted by molar-refractivity contribution is 5.96. The quantitative estimate of drug-likeness (QED) is 0.455. The molecule has 2 aromatic carbocycles. The van der Waals surface area contributed by atoms with E-state index in [1.165, 1.54) is 94.7 Å². The maximum absolute atomic E-state index is 5.34. The Morgan fingerprint density at radius 3 is 1.29 bits per heavy atom. The van der Waals surface area contributed by atoms with Crippen molar-refractivity contribution in [1.82, 2.24) is 4.90 Å². The second-order valence-electron chi connectivity index (χ2n) is 10.9. The van der Waals surface area contributed by atoms with Crippen LogP contribution in [0, 0.1) is 41.5 Å². The van der Waals surface area contributed by atoms with Crippen molar-refractivity contribution in [1.29, 1.82) is 0 Å². The van der Waals surface area contributed by atoms with Crippen molar-refractivity contribution < 1.29 is 0 Å². The van der Waals surface area contributed by atoms with E-state index in [4.69, 9.17) is 9.98 Å². The van der Waals surface area contributed by atoms with E-state index >= 15 is 0 Å². The van der Waals surface area contributed by atoms with Crippen molar-refractivity contribution in [2.24, 2.45) is 9.98 Å². The fraction of sp³-hybridized carbons (Fsp3) is 0.548. The van der Waals surface area contributed by atoms with Gasteiger partial charge in [0.05, 0.1) is 11.4 Å². The summed E-state index contributed by atoms with van der Waals surface area (Å²) in [6.07, 6.45) is 9.69. The number of rotatable bonds is 4. The van der Waals surface area contributed by atoms with Crippen LogP contribution < -0.4 is 0 Å². The summed E-state index contributed by atoms with van der Waals surface area (Å²) in [5, 5.41) is 0. The highest BCUT2D eigenvalue weighted by Crippen LogP contribution is 2.33. The zero-order chi connectivity index (χ0) is 24.4. The first-order valence-corrected chi connectivity index (χ1v) is 13.3. The third-order valence-corrected chi connectivity index (χ3v) is 7.86. The highest BCUT2D eigenvalue weighted by Gasteiger charge is 2.33. The van der Waals surface area contributed by atoms with E-state index in [-0.39, 0.29) is 0 Å². The molecule has 0 heterocycles. The molecule has 3 nitrogen and oxygen atoms in total. The molecule has 34 heavy (non-hydrogen) atoms. The predicted molar refractivity (Wildman–Crippen MR) is 148 cm³/mol. The molecule has 0 amide bonds. The minimum atomic E-state index is 0.405. The fourth-order valence-corrected chi connectivity index (χ4v) is 6.29. The molecule has 2 unspecified atom stereocenters. The third-order valence-electron chi connectivity index (χ3n) is 7.86. The Hall–Kier alpha value is -2.26. The van der Waals surface area contributed by atoms with Gasteiger partial charge in [0.2, 0.25) is 0 Å². The minimum absolute atomic E-state index is 0.405. The standard InChI is InChI=1S/C31H43N3/c1-20-16-22(3)30(23(4)17-20)32-26-12-8-10-14-28(26)34(7)29-15-11-9-13-27(29)33-31-24(5)18-21(2)19-25(31)6/h16-19,28-29H,8-15H2,1-7H3/b32-26+,33-27+. The molecular weight excluding hydrogens is 414 g/mol. The van der Waals surface area contributed by atoms with E-state index in [1.54, 1.807) is 0 Å². The minimum Gasteiger partial charge on any atom is -0.290 e. The molecule has 2 aliphatic rings. The first kappa shape index (κ1) is 24.9. The Balaban J connectivity index is 1.67. The van der Waals surface area contributed by atoms with Gasteiger partial charge < -0.3 is 0 Å². The maximum Gasteiger partial charge on any atom is 0.0688 e. The summed E-state index contributed by atoms with van der Waals surface area (Å²) in [6.45, 7) is 13.2. The lowest BCUT2D eigenvalue weighted by Crippen LogP contribution is -2.50. The number of hydrogen-bond acceptors (Lipinski definition) is 3. The Morgan fingerprint density at radius 1 is 0.588 bits per heavy atom. The average Bonchev–Trinajstić information content (AvgIpc) is 2.78. The van der Waals surface area contributed by atoms with Crippen LogP contribution in [0.25, 0.3) is 0 Å². The molecule has 0 bridgehead atoms. The van der Waals surface area contributed by atoms with Crippen LogP contribution in [0.4, 0.5) is 11.4 Å². The molecule has 4 rings (SSSR count). The van der Waals surface area contributed by atoms with Crippen molar-refractivity contribution >= 4 is 22.8 Å². The highest BCUT2D eigenvalue weighted by atomic mass is 15.2. The van der Waals surface area contributed by atoms with Gasteiger partial charge in [-0.05, 0) is 109 Å². The van der Waals surface area contributed by atoms with Crippen LogP contribution in [0.15, 0.2) is 34.3 Å². The maximum atomic E-state index is 5.34. The summed E-state index contributed by atoms with van der Waals surface area (Å²) in [7, 11) is 2.33. The lowest BCUT2D eigenvalue weighted by molar-refractivity contribution is 0.220. The molecule has 0 spiro atoms. The zero-order valence-electron chi connectivity index (χ0n) is 22.5. The number of hydrogen-bond donors (Lipinski definition) is 0. The molecule has 0 aliphatic heterocycles. The van der Waals surface area contributed by atoms with Gasteiger partial charge in [-0.25, -0.2) is 0 Å². The average molecular weight is 458 g/mol. The van der Waals surface area contributed by atoms with E-state index in [1.807, 2.05) is 0 Å². The van der Waals surface area contributed by atoms with Gasteiger partial charge in [0, 0.05) is 23.5 Å². The lowest BCUT2D eigenvalue weighted by Gasteiger charge is -2.40. The van der Waals surface area contributed by atoms with Gasteiger partial charge in [0.15, 0.2) is 0 Å². The number of aryl methyl sites for hydroxylation is 6. The fourth-order valence-electron chi connectivity index (χ4n) is 6.29. The van der Waals surface area contributed by atoms with Crippen LogP contribution in [0.2, 0.25) is 0 Å². The number of aliphatic imine (C=N–C) groups is 2. The van der Waals surface area contributed by atoms with E-state index in [0.29, 0.717) is 12.1 Å². The van der Waals surface area contributed by atoms with Crippen LogP contribution in [-0.2, 0) is 0 Å². The van der Waals surface area contributed by atoms with Gasteiger partial charge in [0.25, 0.3) is 0 Å². The molecule has 3 heteroatoms. The van der Waals surface area contributed by atoms with Gasteiger partial charge in [0.1, 0.15) is 0 Å². The first-order valence-electron chi connectivity index (χ1n) is 13.3. The van der Waals surface area contributed by atoms with E-state index in [0.717, 1.165) is 12.8 Å². The third kappa shape index (κ3) is 5.35. The van der Waals surface area contributed by atoms with Crippen LogP contribution in [0.5, 0.6) is 0 Å². The molecule has 2 fully saturated rings. The topological polar surface area (TPSA) is 28.0 Å². The van der Waals surface area contributed by atoms with Crippen molar-refractivity contribution in [3.8, 4) is 0 Å². The SMILES string of the molecule is Cc1cc(C)c(/N=C2\CCCCC2N(C)C2CCCC/C2=N\c2c(C)cc(C)cc2C)c(C)c1. The van der Waals surface area contributed by atoms with Crippen molar-refractivity contribution in [3.63, 3.8) is 0 Å². The Kier molecular flexibility index (Phi) is 7.72. The second-order valence-corrected chi connectivity index (χ2v) is 10.9. The summed E-state index contributed by atoms with van der Waals surface area (Å²) in [5.74, 6) is 0. The molecule has 0 N–H and O–H groups in total. The molecule has 0 radical (unpaired) electrons. The molecule has 182 valence electrons. The number of nitrogens with zero attached hydrogens (tertiary/aromatic N) is 3. The van der Waals surface area contributed by atoms with Gasteiger partial charge in [-0.15, -0.1) is 0 Å². The summed E-state index contributed by atoms with van der Waals surface area (Å²) in [6, 6.07) is 9.89. The predicted octanol–water partition coefficient (Wildman–Crippen LogP) is 8.20. The molecule has 2 atom stereocenters. The van der Waals surface area contributed by atoms with Crippen LogP contribution in [0.3, 0.4) is 0 Å². The summed E-state index contributed by atoms with van der Waals surface area (Å²) >= 11 is 0. The number of benzene rings is 2. The monoisotopic (exact) mass is 457 g/mol. The lowest BCUT2D eigenvalue weighted by atomic mass is 9.86. The van der Waals surface area contributed by atoms with Gasteiger partial charge in [-0.3, -0.25) is 14.9 Å². The first-order chi connectivity index (χ1) is 16.2. The van der Waals surface area contributed by atoms with E-state index in [2.05, 4.69) is 77.8 Å². The Morgan fingerprint density at radius 2 is 0.941 bits per heavy atom. The van der Waals surface area contributed by atoms with Crippen LogP contribution in [0.1, 0.15) is 84.7 Å². The van der Waals surface area contributed by atoms with Crippen molar-refractivity contribution in [2.75, 3.05) is 7.05 Å². The normalized spacial score (nSPS) is 23.8. The molecule has 0 saturated heterocycles. The van der Waals surface area contributed by atoms with Gasteiger partial charge in [-0.1, -0.05) is 48.2 Å². The second kappa shape index (κ2) is 10.6.